The van der Waals surface area contributed by atoms with Gasteiger partial charge in [0.2, 0.25) is 0 Å². The highest BCUT2D eigenvalue weighted by atomic mass is 32.1. The van der Waals surface area contributed by atoms with Gasteiger partial charge in [-0.15, -0.1) is 11.3 Å². The molecule has 0 atom stereocenters. The third-order valence-electron chi connectivity index (χ3n) is 3.11. The zero-order valence-corrected chi connectivity index (χ0v) is 11.6. The number of aromatic nitrogens is 1. The summed E-state index contributed by atoms with van der Waals surface area (Å²) in [6, 6.07) is 5.08. The Morgan fingerprint density at radius 3 is 2.72 bits per heavy atom. The molecule has 0 aliphatic rings. The molecule has 0 amide bonds. The van der Waals surface area contributed by atoms with Gasteiger partial charge in [0, 0.05) is 22.9 Å². The Hall–Kier alpha value is -1.26. The van der Waals surface area contributed by atoms with E-state index in [-0.39, 0.29) is 11.2 Å². The smallest absolute Gasteiger partial charge is 0.126 e. The van der Waals surface area contributed by atoms with Gasteiger partial charge in [-0.2, -0.15) is 0 Å². The van der Waals surface area contributed by atoms with Gasteiger partial charge in [0.15, 0.2) is 0 Å². The first kappa shape index (κ1) is 13.2. The van der Waals surface area contributed by atoms with Gasteiger partial charge in [0.1, 0.15) is 10.8 Å². The summed E-state index contributed by atoms with van der Waals surface area (Å²) in [7, 11) is 0. The van der Waals surface area contributed by atoms with Crippen LogP contribution < -0.4 is 5.73 Å². The number of nitrogens with two attached hydrogens (primary N) is 1. The minimum Gasteiger partial charge on any atom is -0.330 e. The van der Waals surface area contributed by atoms with Crippen molar-refractivity contribution in [2.45, 2.75) is 26.2 Å². The molecule has 2 aromatic rings. The van der Waals surface area contributed by atoms with E-state index in [9.17, 15) is 4.39 Å². The first-order valence-electron chi connectivity index (χ1n) is 5.86. The normalized spacial score (nSPS) is 11.8. The van der Waals surface area contributed by atoms with Crippen molar-refractivity contribution >= 4 is 11.3 Å². The van der Waals surface area contributed by atoms with Crippen molar-refractivity contribution in [1.82, 2.24) is 4.98 Å². The van der Waals surface area contributed by atoms with Crippen LogP contribution >= 0.6 is 11.3 Å². The molecule has 0 saturated heterocycles. The maximum absolute atomic E-state index is 13.2. The molecule has 0 fully saturated rings. The molecule has 2 rings (SSSR count). The first-order valence-corrected chi connectivity index (χ1v) is 6.74. The molecule has 18 heavy (non-hydrogen) atoms. The molecule has 4 heteroatoms. The first-order chi connectivity index (χ1) is 8.44. The van der Waals surface area contributed by atoms with E-state index in [0.717, 1.165) is 16.3 Å². The fraction of sp³-hybridized carbons (Fsp3) is 0.357. The van der Waals surface area contributed by atoms with Crippen molar-refractivity contribution in [1.29, 1.82) is 0 Å². The van der Waals surface area contributed by atoms with Gasteiger partial charge in [-0.1, -0.05) is 13.8 Å². The predicted octanol–water partition coefficient (Wildman–Crippen LogP) is 3.49. The summed E-state index contributed by atoms with van der Waals surface area (Å²) in [6.45, 7) is 6.46. The van der Waals surface area contributed by atoms with E-state index >= 15 is 0 Å². The minimum absolute atomic E-state index is 0.121. The monoisotopic (exact) mass is 264 g/mol. The number of halogens is 1. The van der Waals surface area contributed by atoms with Crippen molar-refractivity contribution < 1.29 is 4.39 Å². The summed E-state index contributed by atoms with van der Waals surface area (Å²) < 4.78 is 13.2. The Kier molecular flexibility index (Phi) is 3.50. The largest absolute Gasteiger partial charge is 0.330 e. The summed E-state index contributed by atoms with van der Waals surface area (Å²) in [5, 5.41) is 2.94. The van der Waals surface area contributed by atoms with Crippen LogP contribution in [0.25, 0.3) is 10.6 Å². The average Bonchev–Trinajstić information content (AvgIpc) is 2.83. The summed E-state index contributed by atoms with van der Waals surface area (Å²) in [4.78, 5) is 4.61. The number of hydrogen-bond acceptors (Lipinski definition) is 3. The average molecular weight is 264 g/mol. The molecule has 0 bridgehead atoms. The lowest BCUT2D eigenvalue weighted by atomic mass is 9.90. The Morgan fingerprint density at radius 1 is 1.39 bits per heavy atom. The maximum atomic E-state index is 13.2. The van der Waals surface area contributed by atoms with E-state index in [1.54, 1.807) is 24.3 Å². The van der Waals surface area contributed by atoms with Crippen molar-refractivity contribution in [2.24, 2.45) is 5.73 Å². The fourth-order valence-corrected chi connectivity index (χ4v) is 2.61. The predicted molar refractivity (Wildman–Crippen MR) is 74.3 cm³/mol. The zero-order chi connectivity index (χ0) is 13.3. The lowest BCUT2D eigenvalue weighted by Gasteiger charge is -2.19. The van der Waals surface area contributed by atoms with Gasteiger partial charge in [-0.05, 0) is 30.7 Å². The molecular weight excluding hydrogens is 247 g/mol. The van der Waals surface area contributed by atoms with E-state index in [1.807, 2.05) is 11.4 Å². The van der Waals surface area contributed by atoms with Crippen LogP contribution in [0.15, 0.2) is 23.6 Å². The molecule has 0 aliphatic carbocycles. The number of aryl methyl sites for hydroxylation is 1. The lowest BCUT2D eigenvalue weighted by Crippen LogP contribution is -2.28. The van der Waals surface area contributed by atoms with Crippen LogP contribution in [0.2, 0.25) is 0 Å². The number of rotatable bonds is 3. The molecule has 0 spiro atoms. The second kappa shape index (κ2) is 4.78. The van der Waals surface area contributed by atoms with E-state index in [2.05, 4.69) is 18.8 Å². The molecule has 2 nitrogen and oxygen atoms in total. The van der Waals surface area contributed by atoms with Crippen LogP contribution in [0.1, 0.15) is 25.1 Å². The van der Waals surface area contributed by atoms with Gasteiger partial charge < -0.3 is 5.73 Å². The quantitative estimate of drug-likeness (QED) is 0.921. The van der Waals surface area contributed by atoms with Gasteiger partial charge in [0.05, 0.1) is 5.69 Å². The summed E-state index contributed by atoms with van der Waals surface area (Å²) in [6.07, 6.45) is 0. The molecule has 1 aromatic carbocycles. The van der Waals surface area contributed by atoms with Gasteiger partial charge in [-0.25, -0.2) is 9.37 Å². The SMILES string of the molecule is Cc1cc(-c2nc(C(C)(C)CN)cs2)ccc1F. The molecule has 96 valence electrons. The lowest BCUT2D eigenvalue weighted by molar-refractivity contribution is 0.525. The highest BCUT2D eigenvalue weighted by molar-refractivity contribution is 7.13. The van der Waals surface area contributed by atoms with Gasteiger partial charge >= 0.3 is 0 Å². The second-order valence-electron chi connectivity index (χ2n) is 5.09. The third-order valence-corrected chi connectivity index (χ3v) is 4.00. The molecule has 0 aliphatic heterocycles. The van der Waals surface area contributed by atoms with Crippen LogP contribution in [0.5, 0.6) is 0 Å². The number of benzene rings is 1. The van der Waals surface area contributed by atoms with Crippen LogP contribution in [0.4, 0.5) is 4.39 Å². The summed E-state index contributed by atoms with van der Waals surface area (Å²) in [5.74, 6) is -0.183. The Morgan fingerprint density at radius 2 is 2.11 bits per heavy atom. The van der Waals surface area contributed by atoms with Gasteiger partial charge in [0.25, 0.3) is 0 Å². The topological polar surface area (TPSA) is 38.9 Å². The highest BCUT2D eigenvalue weighted by Crippen LogP contribution is 2.30. The molecule has 2 N–H and O–H groups in total. The van der Waals surface area contributed by atoms with Crippen LogP contribution in [0, 0.1) is 12.7 Å². The molecule has 0 radical (unpaired) electrons. The van der Waals surface area contributed by atoms with Crippen molar-refractivity contribution in [3.8, 4) is 10.6 Å². The molecule has 0 saturated carbocycles. The molecule has 1 heterocycles. The maximum Gasteiger partial charge on any atom is 0.126 e. The van der Waals surface area contributed by atoms with E-state index in [0.29, 0.717) is 12.1 Å². The Bertz CT molecular complexity index is 561. The van der Waals surface area contributed by atoms with Gasteiger partial charge in [-0.3, -0.25) is 0 Å². The highest BCUT2D eigenvalue weighted by Gasteiger charge is 2.22. The standard InChI is InChI=1S/C14H17FN2S/c1-9-6-10(4-5-11(9)15)13-17-12(7-18-13)14(2,3)8-16/h4-7H,8,16H2,1-3H3. The number of hydrogen-bond donors (Lipinski definition) is 1. The number of nitrogens with zero attached hydrogens (tertiary/aromatic N) is 1. The van der Waals surface area contributed by atoms with E-state index in [4.69, 9.17) is 5.73 Å². The third kappa shape index (κ3) is 2.44. The molecule has 1 aromatic heterocycles. The second-order valence-corrected chi connectivity index (χ2v) is 5.95. The van der Waals surface area contributed by atoms with E-state index < -0.39 is 0 Å². The Labute approximate surface area is 111 Å². The van der Waals surface area contributed by atoms with E-state index in [1.165, 1.54) is 6.07 Å². The zero-order valence-electron chi connectivity index (χ0n) is 10.8. The molecular formula is C14H17FN2S. The van der Waals surface area contributed by atoms with Crippen molar-refractivity contribution in [3.63, 3.8) is 0 Å². The van der Waals surface area contributed by atoms with Crippen LogP contribution in [-0.2, 0) is 5.41 Å². The van der Waals surface area contributed by atoms with Crippen molar-refractivity contribution in [2.75, 3.05) is 6.54 Å². The molecule has 0 unspecified atom stereocenters. The minimum atomic E-state index is -0.183. The fourth-order valence-electron chi connectivity index (χ4n) is 1.60. The number of thiazole rings is 1. The summed E-state index contributed by atoms with van der Waals surface area (Å²) in [5.41, 5.74) is 8.21. The van der Waals surface area contributed by atoms with Crippen LogP contribution in [0.3, 0.4) is 0 Å². The summed E-state index contributed by atoms with van der Waals surface area (Å²) >= 11 is 1.57. The van der Waals surface area contributed by atoms with Crippen molar-refractivity contribution in [3.05, 3.63) is 40.7 Å². The van der Waals surface area contributed by atoms with Crippen LogP contribution in [-0.4, -0.2) is 11.5 Å². The Balaban J connectivity index is 2.38.